The second kappa shape index (κ2) is 12.0. The zero-order chi connectivity index (χ0) is 29.9. The van der Waals surface area contributed by atoms with Crippen LogP contribution in [-0.2, 0) is 0 Å². The molecule has 0 saturated carbocycles. The van der Waals surface area contributed by atoms with Crippen LogP contribution in [0.15, 0.2) is 152 Å². The number of allylic oxidation sites excluding steroid dienone is 5. The summed E-state index contributed by atoms with van der Waals surface area (Å²) >= 11 is 1.84. The molecule has 4 heteroatoms. The normalized spacial score (nSPS) is 11.9. The van der Waals surface area contributed by atoms with Crippen LogP contribution in [0.2, 0.25) is 0 Å². The molecule has 0 fully saturated rings. The number of benzene rings is 5. The van der Waals surface area contributed by atoms with Gasteiger partial charge in [-0.25, -0.2) is 15.0 Å². The highest BCUT2D eigenvalue weighted by Crippen LogP contribution is 2.39. The number of fused-ring (bicyclic) bond motifs is 3. The van der Waals surface area contributed by atoms with Gasteiger partial charge in [0.25, 0.3) is 0 Å². The Kier molecular flexibility index (Phi) is 7.49. The van der Waals surface area contributed by atoms with Crippen molar-refractivity contribution in [2.45, 2.75) is 6.92 Å². The summed E-state index contributed by atoms with van der Waals surface area (Å²) in [5.74, 6) is 1.91. The molecule has 0 radical (unpaired) electrons. The first-order valence-corrected chi connectivity index (χ1v) is 15.4. The summed E-state index contributed by atoms with van der Waals surface area (Å²) < 4.78 is 2.58. The average Bonchev–Trinajstić information content (AvgIpc) is 3.48. The number of hydrogen-bond acceptors (Lipinski definition) is 4. The predicted octanol–water partition coefficient (Wildman–Crippen LogP) is 10.9. The van der Waals surface area contributed by atoms with E-state index in [-0.39, 0.29) is 0 Å². The van der Waals surface area contributed by atoms with Gasteiger partial charge in [0.1, 0.15) is 0 Å². The van der Waals surface area contributed by atoms with Crippen LogP contribution in [0.3, 0.4) is 0 Å². The van der Waals surface area contributed by atoms with Gasteiger partial charge in [0, 0.05) is 36.9 Å². The first kappa shape index (κ1) is 27.4. The van der Waals surface area contributed by atoms with Crippen molar-refractivity contribution in [3.8, 4) is 34.2 Å². The largest absolute Gasteiger partial charge is 0.208 e. The Labute approximate surface area is 261 Å². The van der Waals surface area contributed by atoms with Gasteiger partial charge in [-0.3, -0.25) is 0 Å². The summed E-state index contributed by atoms with van der Waals surface area (Å²) in [7, 11) is 0. The molecule has 44 heavy (non-hydrogen) atoms. The molecule has 0 amide bonds. The fraction of sp³-hybridized carbons (Fsp3) is 0.0250. The SMILES string of the molecule is C=C(/C=C(\C=C/C)c1cccc2c1sc1ccccc12)c1cccc(-c2nc(-c3ccccc3)nc(-c3ccccc3)n2)c1. The molecule has 0 N–H and O–H groups in total. The Hall–Kier alpha value is -5.45. The lowest BCUT2D eigenvalue weighted by Gasteiger charge is -2.10. The molecule has 2 aromatic heterocycles. The van der Waals surface area contributed by atoms with Crippen molar-refractivity contribution in [1.82, 2.24) is 15.0 Å². The first-order valence-electron chi connectivity index (χ1n) is 14.6. The lowest BCUT2D eigenvalue weighted by atomic mass is 9.97. The summed E-state index contributed by atoms with van der Waals surface area (Å²) in [5.41, 5.74) is 7.06. The number of aromatic nitrogens is 3. The maximum absolute atomic E-state index is 4.92. The van der Waals surface area contributed by atoms with Crippen LogP contribution in [0.4, 0.5) is 0 Å². The van der Waals surface area contributed by atoms with Crippen molar-refractivity contribution in [3.63, 3.8) is 0 Å². The van der Waals surface area contributed by atoms with Gasteiger partial charge in [-0.15, -0.1) is 11.3 Å². The van der Waals surface area contributed by atoms with Gasteiger partial charge in [0.05, 0.1) is 0 Å². The third-order valence-electron chi connectivity index (χ3n) is 7.58. The Bertz CT molecular complexity index is 2130. The van der Waals surface area contributed by atoms with Gasteiger partial charge >= 0.3 is 0 Å². The second-order valence-electron chi connectivity index (χ2n) is 10.5. The molecule has 0 unspecified atom stereocenters. The van der Waals surface area contributed by atoms with Crippen LogP contribution in [0.1, 0.15) is 18.1 Å². The molecule has 3 nitrogen and oxygen atoms in total. The van der Waals surface area contributed by atoms with E-state index >= 15 is 0 Å². The molecule has 210 valence electrons. The van der Waals surface area contributed by atoms with Crippen LogP contribution in [0.25, 0.3) is 65.5 Å². The average molecular weight is 584 g/mol. The molecule has 5 aromatic carbocycles. The highest BCUT2D eigenvalue weighted by atomic mass is 32.1. The van der Waals surface area contributed by atoms with E-state index in [1.54, 1.807) is 0 Å². The first-order chi connectivity index (χ1) is 21.7. The maximum atomic E-state index is 4.92. The summed E-state index contributed by atoms with van der Waals surface area (Å²) in [6.45, 7) is 6.55. The molecule has 7 aromatic rings. The molecule has 7 rings (SSSR count). The van der Waals surface area contributed by atoms with Gasteiger partial charge in [-0.1, -0.05) is 134 Å². The fourth-order valence-corrected chi connectivity index (χ4v) is 6.67. The van der Waals surface area contributed by atoms with E-state index in [9.17, 15) is 0 Å². The Morgan fingerprint density at radius 3 is 1.86 bits per heavy atom. The maximum Gasteiger partial charge on any atom is 0.164 e. The standard InChI is InChI=1S/C40H29N3S/c1-3-14-31(33-22-13-23-35-34-21-10-11-24-36(34)44-37(33)35)25-27(2)30-19-12-20-32(26-30)40-42-38(28-15-6-4-7-16-28)41-39(43-40)29-17-8-5-9-18-29/h3-26H,2H2,1H3/b14-3-,31-25+. The van der Waals surface area contributed by atoms with Crippen molar-refractivity contribution in [3.05, 3.63) is 163 Å². The minimum atomic E-state index is 0.625. The van der Waals surface area contributed by atoms with Gasteiger partial charge in [-0.2, -0.15) is 0 Å². The molecule has 0 aliphatic rings. The molecular weight excluding hydrogens is 555 g/mol. The van der Waals surface area contributed by atoms with Crippen LogP contribution >= 0.6 is 11.3 Å². The third-order valence-corrected chi connectivity index (χ3v) is 8.80. The minimum Gasteiger partial charge on any atom is -0.208 e. The van der Waals surface area contributed by atoms with E-state index in [1.165, 1.54) is 25.7 Å². The Morgan fingerprint density at radius 2 is 1.18 bits per heavy atom. The van der Waals surface area contributed by atoms with Gasteiger partial charge in [0.15, 0.2) is 17.5 Å². The highest BCUT2D eigenvalue weighted by molar-refractivity contribution is 7.26. The summed E-state index contributed by atoms with van der Waals surface area (Å²) in [6, 6.07) is 43.6. The predicted molar refractivity (Wildman–Crippen MR) is 187 cm³/mol. The number of rotatable bonds is 7. The van der Waals surface area contributed by atoms with E-state index in [0.717, 1.165) is 33.4 Å². The lowest BCUT2D eigenvalue weighted by molar-refractivity contribution is 1.07. The molecule has 0 atom stereocenters. The number of thiophene rings is 1. The Balaban J connectivity index is 1.30. The monoisotopic (exact) mass is 583 g/mol. The van der Waals surface area contributed by atoms with Gasteiger partial charge in [-0.05, 0) is 47.4 Å². The van der Waals surface area contributed by atoms with E-state index in [4.69, 9.17) is 15.0 Å². The topological polar surface area (TPSA) is 38.7 Å². The smallest absolute Gasteiger partial charge is 0.164 e. The second-order valence-corrected chi connectivity index (χ2v) is 11.6. The molecular formula is C40H29N3S. The number of nitrogens with zero attached hydrogens (tertiary/aromatic N) is 3. The van der Waals surface area contributed by atoms with Crippen molar-refractivity contribution >= 4 is 42.7 Å². The van der Waals surface area contributed by atoms with E-state index in [1.807, 2.05) is 84.1 Å². The number of hydrogen-bond donors (Lipinski definition) is 0. The lowest BCUT2D eigenvalue weighted by Crippen LogP contribution is -2.00. The highest BCUT2D eigenvalue weighted by Gasteiger charge is 2.14. The van der Waals surface area contributed by atoms with E-state index < -0.39 is 0 Å². The molecule has 0 saturated heterocycles. The van der Waals surface area contributed by atoms with Crippen LogP contribution in [0, 0.1) is 0 Å². The zero-order valence-corrected chi connectivity index (χ0v) is 25.1. The summed E-state index contributed by atoms with van der Waals surface area (Å²) in [4.78, 5) is 14.7. The molecule has 0 aliphatic heterocycles. The van der Waals surface area contributed by atoms with Gasteiger partial charge < -0.3 is 0 Å². The summed E-state index contributed by atoms with van der Waals surface area (Å²) in [6.07, 6.45) is 6.43. The molecule has 0 bridgehead atoms. The van der Waals surface area contributed by atoms with Gasteiger partial charge in [0.2, 0.25) is 0 Å². The third kappa shape index (κ3) is 5.39. The van der Waals surface area contributed by atoms with Crippen molar-refractivity contribution < 1.29 is 0 Å². The van der Waals surface area contributed by atoms with E-state index in [0.29, 0.717) is 17.5 Å². The van der Waals surface area contributed by atoms with Crippen LogP contribution < -0.4 is 0 Å². The van der Waals surface area contributed by atoms with Crippen molar-refractivity contribution in [2.24, 2.45) is 0 Å². The quantitative estimate of drug-likeness (QED) is 0.175. The fourth-order valence-electron chi connectivity index (χ4n) is 5.44. The van der Waals surface area contributed by atoms with Crippen molar-refractivity contribution in [1.29, 1.82) is 0 Å². The Morgan fingerprint density at radius 1 is 0.614 bits per heavy atom. The summed E-state index contributed by atoms with van der Waals surface area (Å²) in [5, 5.41) is 2.58. The van der Waals surface area contributed by atoms with Crippen LogP contribution in [-0.4, -0.2) is 15.0 Å². The van der Waals surface area contributed by atoms with E-state index in [2.05, 4.69) is 86.3 Å². The zero-order valence-electron chi connectivity index (χ0n) is 24.3. The molecule has 2 heterocycles. The molecule has 0 spiro atoms. The molecule has 0 aliphatic carbocycles. The minimum absolute atomic E-state index is 0.625. The van der Waals surface area contributed by atoms with Crippen LogP contribution in [0.5, 0.6) is 0 Å². The van der Waals surface area contributed by atoms with Crippen molar-refractivity contribution in [2.75, 3.05) is 0 Å².